The second-order valence-corrected chi connectivity index (χ2v) is 7.53. The van der Waals surface area contributed by atoms with Crippen LogP contribution >= 0.6 is 18.3 Å². The zero-order chi connectivity index (χ0) is 11.9. The highest BCUT2D eigenvalue weighted by molar-refractivity contribution is 8.13. The Labute approximate surface area is 107 Å². The number of benzene rings is 1. The fourth-order valence-electron chi connectivity index (χ4n) is 1.21. The first-order valence-electron chi connectivity index (χ1n) is 5.16. The smallest absolute Gasteiger partial charge is 0.219 e. The summed E-state index contributed by atoms with van der Waals surface area (Å²) < 4.78 is 11.4. The average Bonchev–Trinajstić information content (AvgIpc) is 2.31. The summed E-state index contributed by atoms with van der Waals surface area (Å²) in [4.78, 5) is 0. The minimum absolute atomic E-state index is 0.589. The van der Waals surface area contributed by atoms with Gasteiger partial charge in [-0.2, -0.15) is 11.8 Å². The Morgan fingerprint density at radius 2 is 1.94 bits per heavy atom. The van der Waals surface area contributed by atoms with Gasteiger partial charge in [-0.05, 0) is 37.1 Å². The van der Waals surface area contributed by atoms with Crippen LogP contribution in [-0.4, -0.2) is 25.2 Å². The van der Waals surface area contributed by atoms with E-state index in [9.17, 15) is 0 Å². The number of rotatable bonds is 7. The molecule has 0 saturated heterocycles. The molecule has 0 amide bonds. The lowest BCUT2D eigenvalue weighted by Crippen LogP contribution is -2.11. The summed E-state index contributed by atoms with van der Waals surface area (Å²) in [6, 6.07) is 9.86. The number of hydrogen-bond donors (Lipinski definition) is 0. The fourth-order valence-corrected chi connectivity index (χ4v) is 4.07. The second kappa shape index (κ2) is 7.46. The maximum absolute atomic E-state index is 5.78. The first-order chi connectivity index (χ1) is 7.73. The number of thioether (sulfide) groups is 1. The zero-order valence-corrected chi connectivity index (χ0v) is 12.1. The highest BCUT2D eigenvalue weighted by atomic mass is 32.5. The molecule has 1 aromatic carbocycles. The van der Waals surface area contributed by atoms with E-state index in [4.69, 9.17) is 20.9 Å². The van der Waals surface area contributed by atoms with Crippen molar-refractivity contribution in [1.82, 2.24) is 0 Å². The van der Waals surface area contributed by atoms with E-state index in [0.29, 0.717) is 13.2 Å². The van der Waals surface area contributed by atoms with Gasteiger partial charge in [0.25, 0.3) is 0 Å². The maximum atomic E-state index is 5.78. The van der Waals surface area contributed by atoms with Crippen LogP contribution in [0.5, 0.6) is 0 Å². The monoisotopic (exact) mass is 276 g/mol. The summed E-state index contributed by atoms with van der Waals surface area (Å²) >= 11 is 7.28. The molecular weight excluding hydrogens is 259 g/mol. The Kier molecular flexibility index (Phi) is 6.62. The van der Waals surface area contributed by atoms with E-state index in [-0.39, 0.29) is 0 Å². The van der Waals surface area contributed by atoms with Gasteiger partial charge in [-0.15, -0.1) is 0 Å². The highest BCUT2D eigenvalue weighted by Crippen LogP contribution is 2.47. The van der Waals surface area contributed by atoms with Gasteiger partial charge >= 0.3 is 0 Å². The molecule has 0 aliphatic rings. The molecule has 0 bridgehead atoms. The molecule has 0 aliphatic heterocycles. The average molecular weight is 276 g/mol. The lowest BCUT2D eigenvalue weighted by atomic mass is 10.4. The molecule has 2 nitrogen and oxygen atoms in total. The molecule has 1 aromatic rings. The van der Waals surface area contributed by atoms with Gasteiger partial charge in [0, 0.05) is 11.1 Å². The van der Waals surface area contributed by atoms with E-state index >= 15 is 0 Å². The summed E-state index contributed by atoms with van der Waals surface area (Å²) in [5.41, 5.74) is 0. The maximum Gasteiger partial charge on any atom is 0.219 e. The Balaban J connectivity index is 2.76. The van der Waals surface area contributed by atoms with Gasteiger partial charge in [-0.25, -0.2) is 0 Å². The molecule has 0 N–H and O–H groups in total. The molecule has 5 heteroatoms. The molecule has 1 atom stereocenters. The summed E-state index contributed by atoms with van der Waals surface area (Å²) in [6.45, 7) is 0.900. The highest BCUT2D eigenvalue weighted by Gasteiger charge is 2.20. The van der Waals surface area contributed by atoms with E-state index in [0.717, 1.165) is 11.1 Å². The van der Waals surface area contributed by atoms with E-state index in [2.05, 4.69) is 6.26 Å². The second-order valence-electron chi connectivity index (χ2n) is 3.08. The topological polar surface area (TPSA) is 18.5 Å². The van der Waals surface area contributed by atoms with Crippen LogP contribution in [0.15, 0.2) is 30.3 Å². The van der Waals surface area contributed by atoms with Crippen molar-refractivity contribution in [1.29, 1.82) is 0 Å². The van der Waals surface area contributed by atoms with Gasteiger partial charge in [-0.3, -0.25) is 0 Å². The predicted molar refractivity (Wildman–Crippen MR) is 76.3 cm³/mol. The predicted octanol–water partition coefficient (Wildman–Crippen LogP) is 3.04. The Bertz CT molecular complexity index is 343. The minimum atomic E-state index is -2.28. The Hall–Kier alpha value is 0.140. The molecule has 1 unspecified atom stereocenters. The van der Waals surface area contributed by atoms with Crippen molar-refractivity contribution in [2.45, 2.75) is 6.92 Å². The van der Waals surface area contributed by atoms with Gasteiger partial charge in [0.2, 0.25) is 6.49 Å². The van der Waals surface area contributed by atoms with Crippen LogP contribution in [-0.2, 0) is 20.9 Å². The summed E-state index contributed by atoms with van der Waals surface area (Å²) in [6.07, 6.45) is 2.05. The van der Waals surface area contributed by atoms with Gasteiger partial charge in [-0.1, -0.05) is 18.2 Å². The summed E-state index contributed by atoms with van der Waals surface area (Å²) in [5.74, 6) is 0.943. The van der Waals surface area contributed by atoms with Crippen LogP contribution in [0.3, 0.4) is 0 Å². The Morgan fingerprint density at radius 1 is 1.25 bits per heavy atom. The van der Waals surface area contributed by atoms with Crippen LogP contribution in [0.2, 0.25) is 0 Å². The lowest BCUT2D eigenvalue weighted by molar-refractivity contribution is 0.276. The largest absolute Gasteiger partial charge is 0.326 e. The van der Waals surface area contributed by atoms with E-state index in [1.54, 1.807) is 11.8 Å². The quantitative estimate of drug-likeness (QED) is 0.562. The van der Waals surface area contributed by atoms with Crippen molar-refractivity contribution >= 4 is 35.4 Å². The summed E-state index contributed by atoms with van der Waals surface area (Å²) in [5, 5.41) is 0.993. The van der Waals surface area contributed by atoms with Crippen molar-refractivity contribution < 1.29 is 9.05 Å². The molecule has 0 spiro atoms. The van der Waals surface area contributed by atoms with Crippen LogP contribution < -0.4 is 5.30 Å². The van der Waals surface area contributed by atoms with Crippen molar-refractivity contribution in [3.05, 3.63) is 30.3 Å². The van der Waals surface area contributed by atoms with Gasteiger partial charge < -0.3 is 9.05 Å². The third-order valence-electron chi connectivity index (χ3n) is 1.92. The molecule has 0 fully saturated rings. The van der Waals surface area contributed by atoms with Crippen molar-refractivity contribution in [2.75, 3.05) is 25.2 Å². The fraction of sp³-hybridized carbons (Fsp3) is 0.455. The van der Waals surface area contributed by atoms with Crippen LogP contribution in [0.1, 0.15) is 6.92 Å². The molecule has 0 aromatic heterocycles. The van der Waals surface area contributed by atoms with Gasteiger partial charge in [0.05, 0.1) is 13.2 Å². The normalized spacial score (nSPS) is 14.6. The molecule has 16 heavy (non-hydrogen) atoms. The molecule has 1 rings (SSSR count). The molecule has 90 valence electrons. The number of hydrogen-bond acceptors (Lipinski definition) is 4. The van der Waals surface area contributed by atoms with Crippen molar-refractivity contribution in [3.8, 4) is 0 Å². The third kappa shape index (κ3) is 4.19. The lowest BCUT2D eigenvalue weighted by Gasteiger charge is -2.21. The molecule has 0 heterocycles. The van der Waals surface area contributed by atoms with Crippen LogP contribution in [0.4, 0.5) is 0 Å². The first kappa shape index (κ1) is 14.2. The van der Waals surface area contributed by atoms with Crippen molar-refractivity contribution in [3.63, 3.8) is 0 Å². The minimum Gasteiger partial charge on any atom is -0.326 e. The molecule has 0 aliphatic carbocycles. The zero-order valence-electron chi connectivity index (χ0n) is 9.59. The standard InChI is InChI=1S/C11H17O2PS2/c1-3-12-14(15,13-9-10-16-2)11-7-5-4-6-8-11/h4-8H,3,9-10H2,1-2H3. The Morgan fingerprint density at radius 3 is 2.50 bits per heavy atom. The molecular formula is C11H17O2PS2. The molecule has 0 saturated carbocycles. The van der Waals surface area contributed by atoms with Gasteiger partial charge in [0.1, 0.15) is 0 Å². The van der Waals surface area contributed by atoms with E-state index < -0.39 is 6.49 Å². The van der Waals surface area contributed by atoms with Crippen LogP contribution in [0, 0.1) is 0 Å². The van der Waals surface area contributed by atoms with Gasteiger partial charge in [0.15, 0.2) is 0 Å². The van der Waals surface area contributed by atoms with Crippen molar-refractivity contribution in [2.24, 2.45) is 0 Å². The molecule has 0 radical (unpaired) electrons. The summed E-state index contributed by atoms with van der Waals surface area (Å²) in [7, 11) is 0. The SMILES string of the molecule is CCOP(=S)(OCCSC)c1ccccc1. The third-order valence-corrected chi connectivity index (χ3v) is 5.81. The first-order valence-corrected chi connectivity index (χ1v) is 9.20. The van der Waals surface area contributed by atoms with E-state index in [1.165, 1.54) is 0 Å². The van der Waals surface area contributed by atoms with Crippen LogP contribution in [0.25, 0.3) is 0 Å². The van der Waals surface area contributed by atoms with E-state index in [1.807, 2.05) is 37.3 Å².